The Labute approximate surface area is 167 Å². The number of amides is 1. The molecule has 0 saturated carbocycles. The van der Waals surface area contributed by atoms with Gasteiger partial charge in [-0.3, -0.25) is 0 Å². The van der Waals surface area contributed by atoms with Crippen LogP contribution in [0.5, 0.6) is 0 Å². The van der Waals surface area contributed by atoms with Gasteiger partial charge in [0, 0.05) is 12.6 Å². The molecule has 0 spiro atoms. The molecule has 0 bridgehead atoms. The molecule has 0 aliphatic carbocycles. The molecule has 1 heterocycles. The molecule has 0 fully saturated rings. The van der Waals surface area contributed by atoms with Crippen molar-refractivity contribution in [2.75, 3.05) is 7.05 Å². The van der Waals surface area contributed by atoms with Crippen LogP contribution >= 0.6 is 0 Å². The molecule has 0 aliphatic rings. The summed E-state index contributed by atoms with van der Waals surface area (Å²) in [6.07, 6.45) is 15.1. The zero-order chi connectivity index (χ0) is 20.1. The van der Waals surface area contributed by atoms with E-state index in [1.807, 2.05) is 0 Å². The third kappa shape index (κ3) is 10.0. The highest BCUT2D eigenvalue weighted by atomic mass is 28.3. The van der Waals surface area contributed by atoms with Crippen molar-refractivity contribution < 1.29 is 13.9 Å². The third-order valence-corrected chi connectivity index (χ3v) is 6.74. The van der Waals surface area contributed by atoms with Gasteiger partial charge >= 0.3 is 6.09 Å². The van der Waals surface area contributed by atoms with Gasteiger partial charge in [-0.2, -0.15) is 0 Å². The van der Waals surface area contributed by atoms with Gasteiger partial charge in [0.05, 0.1) is 11.6 Å². The summed E-state index contributed by atoms with van der Waals surface area (Å²) in [6, 6.07) is 2.09. The second kappa shape index (κ2) is 13.0. The summed E-state index contributed by atoms with van der Waals surface area (Å²) >= 11 is 0. The highest BCUT2D eigenvalue weighted by Crippen LogP contribution is 2.25. The van der Waals surface area contributed by atoms with Crippen LogP contribution in [-0.2, 0) is 4.74 Å². The Hall–Kier alpha value is -1.23. The summed E-state index contributed by atoms with van der Waals surface area (Å²) in [5.41, 5.74) is 0.993. The number of rotatable bonds is 14. The van der Waals surface area contributed by atoms with Crippen molar-refractivity contribution >= 4 is 19.6 Å². The van der Waals surface area contributed by atoms with Gasteiger partial charge in [-0.05, 0) is 18.9 Å². The number of hydrogen-bond donors (Lipinski definition) is 1. The molecular weight excluding hydrogens is 354 g/mol. The van der Waals surface area contributed by atoms with Crippen LogP contribution in [-0.4, -0.2) is 21.2 Å². The fraction of sp³-hybridized carbons (Fsp3) is 0.773. The Morgan fingerprint density at radius 2 is 1.59 bits per heavy atom. The Morgan fingerprint density at radius 3 is 2.07 bits per heavy atom. The van der Waals surface area contributed by atoms with Gasteiger partial charge in [0.2, 0.25) is 0 Å². The molecule has 1 atom stereocenters. The van der Waals surface area contributed by atoms with Gasteiger partial charge in [0.15, 0.2) is 0 Å². The molecule has 0 aliphatic heterocycles. The lowest BCUT2D eigenvalue weighted by Gasteiger charge is -2.16. The summed E-state index contributed by atoms with van der Waals surface area (Å²) in [5.74, 6) is 0. The highest BCUT2D eigenvalue weighted by Gasteiger charge is 2.24. The van der Waals surface area contributed by atoms with E-state index < -0.39 is 8.07 Å². The van der Waals surface area contributed by atoms with E-state index in [1.54, 1.807) is 13.3 Å². The zero-order valence-electron chi connectivity index (χ0n) is 18.2. The van der Waals surface area contributed by atoms with E-state index in [2.05, 4.69) is 37.9 Å². The lowest BCUT2D eigenvalue weighted by molar-refractivity contribution is 0.0922. The van der Waals surface area contributed by atoms with E-state index in [0.29, 0.717) is 0 Å². The molecule has 0 radical (unpaired) electrons. The SMILES string of the molecule is CCCCCCCCCCCCC(OC(=O)NC)c1coc([Si](C)(C)C)c1. The maximum Gasteiger partial charge on any atom is 0.407 e. The van der Waals surface area contributed by atoms with E-state index in [0.717, 1.165) is 23.8 Å². The van der Waals surface area contributed by atoms with Crippen LogP contribution in [0.2, 0.25) is 19.6 Å². The summed E-state index contributed by atoms with van der Waals surface area (Å²) in [5, 5.41) is 3.62. The molecule has 27 heavy (non-hydrogen) atoms. The molecule has 0 aromatic carbocycles. The molecule has 1 aromatic rings. The van der Waals surface area contributed by atoms with Crippen molar-refractivity contribution in [1.82, 2.24) is 5.32 Å². The van der Waals surface area contributed by atoms with Crippen LogP contribution in [0.4, 0.5) is 4.79 Å². The quantitative estimate of drug-likeness (QED) is 0.288. The number of furan rings is 1. The minimum Gasteiger partial charge on any atom is -0.474 e. The first-order chi connectivity index (χ1) is 12.9. The fourth-order valence-electron chi connectivity index (χ4n) is 3.21. The summed E-state index contributed by atoms with van der Waals surface area (Å²) in [4.78, 5) is 11.7. The van der Waals surface area contributed by atoms with E-state index in [4.69, 9.17) is 9.15 Å². The summed E-state index contributed by atoms with van der Waals surface area (Å²) in [6.45, 7) is 9.03. The largest absolute Gasteiger partial charge is 0.474 e. The van der Waals surface area contributed by atoms with Gasteiger partial charge < -0.3 is 14.5 Å². The number of nitrogens with one attached hydrogen (secondary N) is 1. The van der Waals surface area contributed by atoms with Crippen LogP contribution in [0, 0.1) is 0 Å². The van der Waals surface area contributed by atoms with Gasteiger partial charge in [-0.1, -0.05) is 84.4 Å². The Balaban J connectivity index is 2.36. The zero-order valence-corrected chi connectivity index (χ0v) is 19.2. The van der Waals surface area contributed by atoms with E-state index in [-0.39, 0.29) is 12.2 Å². The van der Waals surface area contributed by atoms with Crippen molar-refractivity contribution in [1.29, 1.82) is 0 Å². The van der Waals surface area contributed by atoms with E-state index in [1.165, 1.54) is 57.8 Å². The van der Waals surface area contributed by atoms with Crippen molar-refractivity contribution in [3.8, 4) is 0 Å². The third-order valence-electron chi connectivity index (χ3n) is 5.00. The molecule has 4 nitrogen and oxygen atoms in total. The van der Waals surface area contributed by atoms with Gasteiger partial charge in [0.1, 0.15) is 14.2 Å². The van der Waals surface area contributed by atoms with Crippen molar-refractivity contribution in [2.45, 2.75) is 103 Å². The second-order valence-corrected chi connectivity index (χ2v) is 13.6. The number of carbonyl (C=O) groups excluding carboxylic acids is 1. The highest BCUT2D eigenvalue weighted by molar-refractivity contribution is 6.87. The Kier molecular flexibility index (Phi) is 11.5. The Bertz CT molecular complexity index is 522. The van der Waals surface area contributed by atoms with Crippen LogP contribution in [0.3, 0.4) is 0 Å². The van der Waals surface area contributed by atoms with Gasteiger partial charge in [0.25, 0.3) is 0 Å². The van der Waals surface area contributed by atoms with Gasteiger partial charge in [-0.25, -0.2) is 4.79 Å². The van der Waals surface area contributed by atoms with Crippen LogP contribution < -0.4 is 10.7 Å². The number of hydrogen-bond acceptors (Lipinski definition) is 3. The lowest BCUT2D eigenvalue weighted by Crippen LogP contribution is -2.36. The Morgan fingerprint density at radius 1 is 1.04 bits per heavy atom. The van der Waals surface area contributed by atoms with Gasteiger partial charge in [-0.15, -0.1) is 0 Å². The number of alkyl carbamates (subject to hydrolysis) is 1. The number of carbonyl (C=O) groups is 1. The first-order valence-electron chi connectivity index (χ1n) is 10.9. The van der Waals surface area contributed by atoms with Crippen molar-refractivity contribution in [3.05, 3.63) is 17.9 Å². The molecule has 1 amide bonds. The first-order valence-corrected chi connectivity index (χ1v) is 14.4. The smallest absolute Gasteiger partial charge is 0.407 e. The lowest BCUT2D eigenvalue weighted by atomic mass is 10.0. The van der Waals surface area contributed by atoms with E-state index in [9.17, 15) is 4.79 Å². The normalized spacial score (nSPS) is 12.8. The summed E-state index contributed by atoms with van der Waals surface area (Å²) < 4.78 is 11.4. The molecule has 1 N–H and O–H groups in total. The second-order valence-electron chi connectivity index (χ2n) is 8.61. The maximum atomic E-state index is 11.7. The minimum atomic E-state index is -1.49. The predicted molar refractivity (Wildman–Crippen MR) is 116 cm³/mol. The molecule has 1 rings (SSSR count). The average molecular weight is 396 g/mol. The molecule has 1 aromatic heterocycles. The van der Waals surface area contributed by atoms with Crippen LogP contribution in [0.15, 0.2) is 16.7 Å². The van der Waals surface area contributed by atoms with Crippen LogP contribution in [0.25, 0.3) is 0 Å². The topological polar surface area (TPSA) is 51.5 Å². The monoisotopic (exact) mass is 395 g/mol. The molecule has 5 heteroatoms. The minimum absolute atomic E-state index is 0.215. The van der Waals surface area contributed by atoms with Crippen molar-refractivity contribution in [3.63, 3.8) is 0 Å². The molecule has 156 valence electrons. The molecule has 1 unspecified atom stereocenters. The maximum absolute atomic E-state index is 11.7. The summed E-state index contributed by atoms with van der Waals surface area (Å²) in [7, 11) is 0.105. The predicted octanol–water partition coefficient (Wildman–Crippen LogP) is 6.53. The van der Waals surface area contributed by atoms with E-state index >= 15 is 0 Å². The number of unbranched alkanes of at least 4 members (excludes halogenated alkanes) is 9. The standard InChI is InChI=1S/C22H41NO3Si/c1-6-7-8-9-10-11-12-13-14-15-16-20(26-22(24)23-2)19-17-21(25-18-19)27(3,4)5/h17-18,20H,6-16H2,1-5H3,(H,23,24). The van der Waals surface area contributed by atoms with Crippen molar-refractivity contribution in [2.24, 2.45) is 0 Å². The molecular formula is C22H41NO3Si. The number of ether oxygens (including phenoxy) is 1. The van der Waals surface area contributed by atoms with Crippen LogP contribution in [0.1, 0.15) is 89.2 Å². The fourth-order valence-corrected chi connectivity index (χ4v) is 4.22. The first kappa shape index (κ1) is 23.8. The molecule has 0 saturated heterocycles. The average Bonchev–Trinajstić information content (AvgIpc) is 3.12.